The SMILES string of the molecule is CC(=O)Oc1ccc2c3c1O[C@H]1[C@@H](N(C)C(=O)Cc4ccc(Cl)c(Cl)c4)CC[C@@]4(O)[C@@H](C2)N(C)CC[C@]314. The van der Waals surface area contributed by atoms with Gasteiger partial charge in [0.2, 0.25) is 5.91 Å². The number of nitrogens with zero attached hydrogens (tertiary/aromatic N) is 2. The van der Waals surface area contributed by atoms with Crippen LogP contribution in [0.2, 0.25) is 10.0 Å². The first-order valence-electron chi connectivity index (χ1n) is 12.7. The third-order valence-corrected chi connectivity index (χ3v) is 9.91. The van der Waals surface area contributed by atoms with E-state index in [2.05, 4.69) is 11.9 Å². The van der Waals surface area contributed by atoms with Crippen LogP contribution in [0.15, 0.2) is 30.3 Å². The molecular formula is C28H30Cl2N2O5. The Bertz CT molecular complexity index is 1320. The second-order valence-electron chi connectivity index (χ2n) is 10.9. The first-order chi connectivity index (χ1) is 17.6. The van der Waals surface area contributed by atoms with E-state index in [1.54, 1.807) is 36.2 Å². The van der Waals surface area contributed by atoms with Crippen molar-refractivity contribution in [2.24, 2.45) is 0 Å². The molecule has 2 fully saturated rings. The molecule has 4 aliphatic rings. The quantitative estimate of drug-likeness (QED) is 0.466. The van der Waals surface area contributed by atoms with Gasteiger partial charge in [0.1, 0.15) is 6.10 Å². The lowest BCUT2D eigenvalue weighted by molar-refractivity contribution is -0.196. The van der Waals surface area contributed by atoms with Crippen molar-refractivity contribution in [1.29, 1.82) is 0 Å². The minimum atomic E-state index is -1.01. The predicted octanol–water partition coefficient (Wildman–Crippen LogP) is 3.77. The lowest BCUT2D eigenvalue weighted by atomic mass is 9.48. The van der Waals surface area contributed by atoms with Crippen LogP contribution >= 0.6 is 23.2 Å². The van der Waals surface area contributed by atoms with Gasteiger partial charge in [-0.3, -0.25) is 9.59 Å². The Hall–Kier alpha value is -2.32. The number of amides is 1. The summed E-state index contributed by atoms with van der Waals surface area (Å²) in [4.78, 5) is 29.4. The molecule has 1 amide bonds. The van der Waals surface area contributed by atoms with E-state index in [9.17, 15) is 14.7 Å². The molecule has 37 heavy (non-hydrogen) atoms. The fourth-order valence-electron chi connectivity index (χ4n) is 7.48. The molecule has 0 radical (unpaired) electrons. The minimum Gasteiger partial charge on any atom is -0.483 e. The zero-order valence-electron chi connectivity index (χ0n) is 21.1. The molecule has 2 aromatic carbocycles. The van der Waals surface area contributed by atoms with Gasteiger partial charge in [-0.2, -0.15) is 0 Å². The molecule has 1 spiro atoms. The summed E-state index contributed by atoms with van der Waals surface area (Å²) in [5.74, 6) is 0.421. The highest BCUT2D eigenvalue weighted by Gasteiger charge is 2.73. The van der Waals surface area contributed by atoms with Crippen LogP contribution in [0.3, 0.4) is 0 Å². The summed E-state index contributed by atoms with van der Waals surface area (Å²) in [6.07, 6.45) is 2.25. The summed E-state index contributed by atoms with van der Waals surface area (Å²) in [5, 5.41) is 13.3. The molecule has 2 aliphatic heterocycles. The maximum atomic E-state index is 13.5. The van der Waals surface area contributed by atoms with Gasteiger partial charge in [-0.05, 0) is 68.6 Å². The van der Waals surface area contributed by atoms with Gasteiger partial charge < -0.3 is 24.4 Å². The number of likely N-dealkylation sites (N-methyl/N-ethyl adjacent to an activating group) is 2. The lowest BCUT2D eigenvalue weighted by Gasteiger charge is -2.64. The Morgan fingerprint density at radius 2 is 2.00 bits per heavy atom. The number of benzene rings is 2. The van der Waals surface area contributed by atoms with Gasteiger partial charge in [-0.25, -0.2) is 0 Å². The van der Waals surface area contributed by atoms with Crippen LogP contribution < -0.4 is 9.47 Å². The van der Waals surface area contributed by atoms with Crippen molar-refractivity contribution in [2.75, 3.05) is 20.6 Å². The van der Waals surface area contributed by atoms with Crippen LogP contribution in [0.25, 0.3) is 0 Å². The molecule has 1 saturated heterocycles. The Morgan fingerprint density at radius 1 is 1.22 bits per heavy atom. The number of ether oxygens (including phenoxy) is 2. The summed E-state index contributed by atoms with van der Waals surface area (Å²) in [5.41, 5.74) is 1.15. The van der Waals surface area contributed by atoms with Crippen molar-refractivity contribution in [1.82, 2.24) is 9.80 Å². The topological polar surface area (TPSA) is 79.3 Å². The van der Waals surface area contributed by atoms with Crippen LogP contribution in [0, 0.1) is 0 Å². The molecular weight excluding hydrogens is 515 g/mol. The third kappa shape index (κ3) is 3.47. The number of halogens is 2. The van der Waals surface area contributed by atoms with Crippen molar-refractivity contribution in [2.45, 2.75) is 68.2 Å². The van der Waals surface area contributed by atoms with Gasteiger partial charge in [0.15, 0.2) is 11.5 Å². The van der Waals surface area contributed by atoms with Crippen molar-refractivity contribution in [3.63, 3.8) is 0 Å². The molecule has 2 bridgehead atoms. The van der Waals surface area contributed by atoms with Crippen LogP contribution in [-0.4, -0.2) is 71.2 Å². The van der Waals surface area contributed by atoms with E-state index in [1.165, 1.54) is 6.92 Å². The molecule has 1 saturated carbocycles. The number of likely N-dealkylation sites (tertiary alicyclic amines) is 1. The number of aliphatic hydroxyl groups is 1. The molecule has 9 heteroatoms. The van der Waals surface area contributed by atoms with E-state index in [0.29, 0.717) is 47.2 Å². The highest BCUT2D eigenvalue weighted by molar-refractivity contribution is 6.42. The smallest absolute Gasteiger partial charge is 0.308 e. The average molecular weight is 545 g/mol. The van der Waals surface area contributed by atoms with Crippen molar-refractivity contribution in [3.8, 4) is 11.5 Å². The van der Waals surface area contributed by atoms with E-state index in [0.717, 1.165) is 23.2 Å². The molecule has 7 nitrogen and oxygen atoms in total. The van der Waals surface area contributed by atoms with Crippen molar-refractivity contribution < 1.29 is 24.2 Å². The number of hydrogen-bond donors (Lipinski definition) is 1. The molecule has 1 N–H and O–H groups in total. The Morgan fingerprint density at radius 3 is 2.73 bits per heavy atom. The highest BCUT2D eigenvalue weighted by Crippen LogP contribution is 2.65. The summed E-state index contributed by atoms with van der Waals surface area (Å²) in [7, 11) is 3.87. The zero-order chi connectivity index (χ0) is 26.3. The number of carbonyl (C=O) groups is 2. The number of rotatable bonds is 4. The molecule has 5 atom stereocenters. The van der Waals surface area contributed by atoms with Gasteiger partial charge in [0.05, 0.1) is 33.5 Å². The van der Waals surface area contributed by atoms with E-state index in [-0.39, 0.29) is 24.4 Å². The molecule has 2 aliphatic carbocycles. The average Bonchev–Trinajstić information content (AvgIpc) is 3.20. The molecule has 0 aromatic heterocycles. The number of carbonyl (C=O) groups excluding carboxylic acids is 2. The van der Waals surface area contributed by atoms with Crippen LogP contribution in [0.1, 0.15) is 42.9 Å². The van der Waals surface area contributed by atoms with Gasteiger partial charge in [0.25, 0.3) is 0 Å². The minimum absolute atomic E-state index is 0.0523. The van der Waals surface area contributed by atoms with Gasteiger partial charge in [0, 0.05) is 25.6 Å². The monoisotopic (exact) mass is 544 g/mol. The summed E-state index contributed by atoms with van der Waals surface area (Å²) in [6, 6.07) is 8.70. The maximum absolute atomic E-state index is 13.5. The summed E-state index contributed by atoms with van der Waals surface area (Å²) >= 11 is 12.2. The van der Waals surface area contributed by atoms with Gasteiger partial charge in [-0.15, -0.1) is 0 Å². The first-order valence-corrected chi connectivity index (χ1v) is 13.5. The third-order valence-electron chi connectivity index (χ3n) is 9.17. The molecule has 6 rings (SSSR count). The second-order valence-corrected chi connectivity index (χ2v) is 11.8. The van der Waals surface area contributed by atoms with E-state index < -0.39 is 23.1 Å². The molecule has 2 aromatic rings. The molecule has 196 valence electrons. The fraction of sp³-hybridized carbons (Fsp3) is 0.500. The van der Waals surface area contributed by atoms with Crippen LogP contribution in [0.5, 0.6) is 11.5 Å². The zero-order valence-corrected chi connectivity index (χ0v) is 22.6. The standard InChI is InChI=1S/C28H30Cl2N2O5/c1-15(33)36-21-7-5-17-14-22-28(35)9-8-20(26-27(28,10-11-31(22)2)24(17)25(21)37-26)32(3)23(34)13-16-4-6-18(29)19(30)12-16/h4-7,12,20,22,26,35H,8-11,13-14H2,1-3H3/t20-,22+,26-,27-,28+/m0/s1. The lowest BCUT2D eigenvalue weighted by Crippen LogP contribution is -2.77. The van der Waals surface area contributed by atoms with Crippen molar-refractivity contribution in [3.05, 3.63) is 57.1 Å². The Kier molecular flexibility index (Phi) is 5.81. The number of esters is 1. The normalized spacial score (nSPS) is 31.4. The summed E-state index contributed by atoms with van der Waals surface area (Å²) in [6.45, 7) is 2.17. The maximum Gasteiger partial charge on any atom is 0.308 e. The van der Waals surface area contributed by atoms with E-state index in [4.69, 9.17) is 32.7 Å². The largest absolute Gasteiger partial charge is 0.483 e. The molecule has 2 heterocycles. The number of hydrogen-bond acceptors (Lipinski definition) is 6. The Balaban J connectivity index is 1.40. The number of piperidine rings is 1. The van der Waals surface area contributed by atoms with E-state index in [1.807, 2.05) is 6.07 Å². The first kappa shape index (κ1) is 25.0. The van der Waals surface area contributed by atoms with E-state index >= 15 is 0 Å². The van der Waals surface area contributed by atoms with Gasteiger partial charge >= 0.3 is 5.97 Å². The van der Waals surface area contributed by atoms with Crippen LogP contribution in [-0.2, 0) is 27.8 Å². The van der Waals surface area contributed by atoms with Crippen LogP contribution in [0.4, 0.5) is 0 Å². The molecule has 0 unspecified atom stereocenters. The van der Waals surface area contributed by atoms with Gasteiger partial charge in [-0.1, -0.05) is 35.3 Å². The Labute approximate surface area is 226 Å². The fourth-order valence-corrected chi connectivity index (χ4v) is 7.80. The van der Waals surface area contributed by atoms with Crippen molar-refractivity contribution >= 4 is 35.1 Å². The highest BCUT2D eigenvalue weighted by atomic mass is 35.5. The predicted molar refractivity (Wildman–Crippen MR) is 139 cm³/mol. The second kappa shape index (κ2) is 8.60. The summed E-state index contributed by atoms with van der Waals surface area (Å²) < 4.78 is 12.2.